The minimum absolute atomic E-state index is 0.201. The SMILES string of the molecule is COc1ncccc1NS(=O)(=O)c1cc(-c2sc(NC(C)C)nc2C)ccc1C. The smallest absolute Gasteiger partial charge is 0.262 e. The summed E-state index contributed by atoms with van der Waals surface area (Å²) < 4.78 is 33.9. The molecular weight excluding hydrogens is 408 g/mol. The van der Waals surface area contributed by atoms with E-state index in [4.69, 9.17) is 4.74 Å². The molecule has 0 bridgehead atoms. The van der Waals surface area contributed by atoms with Gasteiger partial charge in [0, 0.05) is 12.2 Å². The number of aromatic nitrogens is 2. The van der Waals surface area contributed by atoms with Crippen LogP contribution in [0.3, 0.4) is 0 Å². The van der Waals surface area contributed by atoms with Crippen molar-refractivity contribution in [2.24, 2.45) is 0 Å². The van der Waals surface area contributed by atoms with Crippen LogP contribution in [0.5, 0.6) is 5.88 Å². The topological polar surface area (TPSA) is 93.2 Å². The predicted octanol–water partition coefficient (Wildman–Crippen LogP) is 4.45. The lowest BCUT2D eigenvalue weighted by Gasteiger charge is -2.13. The highest BCUT2D eigenvalue weighted by Gasteiger charge is 2.21. The summed E-state index contributed by atoms with van der Waals surface area (Å²) in [5.41, 5.74) is 2.59. The van der Waals surface area contributed by atoms with Crippen LogP contribution in [0.25, 0.3) is 10.4 Å². The normalized spacial score (nSPS) is 11.5. The fourth-order valence-electron chi connectivity index (χ4n) is 2.83. The molecule has 0 aliphatic heterocycles. The number of hydrogen-bond acceptors (Lipinski definition) is 7. The Hall–Kier alpha value is -2.65. The lowest BCUT2D eigenvalue weighted by Crippen LogP contribution is -2.15. The number of methoxy groups -OCH3 is 1. The fraction of sp³-hybridized carbons (Fsp3) is 0.300. The number of sulfonamides is 1. The molecule has 2 N–H and O–H groups in total. The molecule has 0 aliphatic rings. The third-order valence-electron chi connectivity index (χ3n) is 4.16. The van der Waals surface area contributed by atoms with Gasteiger partial charge in [0.25, 0.3) is 10.0 Å². The standard InChI is InChI=1S/C20H24N4O3S2/c1-12(2)22-20-23-14(4)18(28-20)15-9-8-13(3)17(11-15)29(25,26)24-16-7-6-10-21-19(16)27-5/h6-12,24H,1-5H3,(H,22,23). The van der Waals surface area contributed by atoms with Gasteiger partial charge >= 0.3 is 0 Å². The Balaban J connectivity index is 2.00. The highest BCUT2D eigenvalue weighted by atomic mass is 32.2. The summed E-state index contributed by atoms with van der Waals surface area (Å²) in [6, 6.07) is 8.92. The van der Waals surface area contributed by atoms with Gasteiger partial charge in [-0.25, -0.2) is 18.4 Å². The van der Waals surface area contributed by atoms with Crippen molar-refractivity contribution in [3.05, 3.63) is 47.8 Å². The number of thiazole rings is 1. The first kappa shape index (κ1) is 21.1. The number of nitrogens with one attached hydrogen (secondary N) is 2. The van der Waals surface area contributed by atoms with Crippen molar-refractivity contribution < 1.29 is 13.2 Å². The molecule has 1 aromatic carbocycles. The summed E-state index contributed by atoms with van der Waals surface area (Å²) in [5, 5.41) is 4.11. The van der Waals surface area contributed by atoms with Crippen LogP contribution in [0.2, 0.25) is 0 Å². The number of rotatable bonds is 7. The van der Waals surface area contributed by atoms with E-state index in [2.05, 4.69) is 20.0 Å². The van der Waals surface area contributed by atoms with Gasteiger partial charge in [0.2, 0.25) is 5.88 Å². The van der Waals surface area contributed by atoms with Crippen LogP contribution >= 0.6 is 11.3 Å². The molecule has 3 aromatic rings. The van der Waals surface area contributed by atoms with Gasteiger partial charge in [-0.2, -0.15) is 0 Å². The van der Waals surface area contributed by atoms with Gasteiger partial charge in [-0.05, 0) is 57.0 Å². The maximum atomic E-state index is 13.1. The lowest BCUT2D eigenvalue weighted by atomic mass is 10.1. The van der Waals surface area contributed by atoms with Gasteiger partial charge in [0.05, 0.1) is 22.6 Å². The van der Waals surface area contributed by atoms with E-state index < -0.39 is 10.0 Å². The van der Waals surface area contributed by atoms with Crippen molar-refractivity contribution >= 4 is 32.2 Å². The number of pyridine rings is 1. The van der Waals surface area contributed by atoms with Crippen molar-refractivity contribution in [3.8, 4) is 16.3 Å². The molecular formula is C20H24N4O3S2. The van der Waals surface area contributed by atoms with Crippen LogP contribution in [-0.4, -0.2) is 31.5 Å². The van der Waals surface area contributed by atoms with E-state index in [1.165, 1.54) is 24.6 Å². The monoisotopic (exact) mass is 432 g/mol. The summed E-state index contributed by atoms with van der Waals surface area (Å²) >= 11 is 1.51. The van der Waals surface area contributed by atoms with E-state index in [1.54, 1.807) is 31.2 Å². The van der Waals surface area contributed by atoms with E-state index in [-0.39, 0.29) is 22.5 Å². The summed E-state index contributed by atoms with van der Waals surface area (Å²) in [7, 11) is -2.39. The van der Waals surface area contributed by atoms with Gasteiger partial charge in [-0.15, -0.1) is 0 Å². The highest BCUT2D eigenvalue weighted by molar-refractivity contribution is 7.92. The Morgan fingerprint density at radius 1 is 1.17 bits per heavy atom. The van der Waals surface area contributed by atoms with Crippen LogP contribution in [0.1, 0.15) is 25.1 Å². The second kappa shape index (κ2) is 8.38. The van der Waals surface area contributed by atoms with Crippen LogP contribution in [0, 0.1) is 13.8 Å². The second-order valence-electron chi connectivity index (χ2n) is 6.88. The zero-order valence-electron chi connectivity index (χ0n) is 17.0. The summed E-state index contributed by atoms with van der Waals surface area (Å²) in [4.78, 5) is 9.72. The molecule has 7 nitrogen and oxygen atoms in total. The number of hydrogen-bond donors (Lipinski definition) is 2. The maximum Gasteiger partial charge on any atom is 0.262 e. The van der Waals surface area contributed by atoms with Crippen molar-refractivity contribution in [1.82, 2.24) is 9.97 Å². The molecule has 0 spiro atoms. The first-order valence-corrected chi connectivity index (χ1v) is 11.4. The molecule has 9 heteroatoms. The lowest BCUT2D eigenvalue weighted by molar-refractivity contribution is 0.400. The molecule has 0 fully saturated rings. The fourth-order valence-corrected chi connectivity index (χ4v) is 5.27. The Labute approximate surface area is 175 Å². The molecule has 154 valence electrons. The molecule has 29 heavy (non-hydrogen) atoms. The van der Waals surface area contributed by atoms with Gasteiger partial charge in [-0.3, -0.25) is 4.72 Å². The van der Waals surface area contributed by atoms with Crippen molar-refractivity contribution in [3.63, 3.8) is 0 Å². The Bertz CT molecular complexity index is 1120. The first-order chi connectivity index (χ1) is 13.7. The summed E-state index contributed by atoms with van der Waals surface area (Å²) in [5.74, 6) is 0.215. The Morgan fingerprint density at radius 2 is 1.93 bits per heavy atom. The van der Waals surface area contributed by atoms with E-state index >= 15 is 0 Å². The van der Waals surface area contributed by atoms with Crippen molar-refractivity contribution in [1.29, 1.82) is 0 Å². The second-order valence-corrected chi connectivity index (χ2v) is 9.53. The van der Waals surface area contributed by atoms with E-state index in [0.29, 0.717) is 5.56 Å². The van der Waals surface area contributed by atoms with Crippen LogP contribution < -0.4 is 14.8 Å². The van der Waals surface area contributed by atoms with E-state index in [0.717, 1.165) is 21.3 Å². The first-order valence-electron chi connectivity index (χ1n) is 9.08. The quantitative estimate of drug-likeness (QED) is 0.573. The minimum atomic E-state index is -3.83. The van der Waals surface area contributed by atoms with Gasteiger partial charge < -0.3 is 10.1 Å². The highest BCUT2D eigenvalue weighted by Crippen LogP contribution is 2.35. The Kier molecular flexibility index (Phi) is 6.09. The molecule has 0 unspecified atom stereocenters. The Morgan fingerprint density at radius 3 is 2.62 bits per heavy atom. The average molecular weight is 433 g/mol. The molecule has 0 aliphatic carbocycles. The molecule has 0 amide bonds. The van der Waals surface area contributed by atoms with Crippen molar-refractivity contribution in [2.75, 3.05) is 17.1 Å². The zero-order valence-corrected chi connectivity index (χ0v) is 18.6. The third-order valence-corrected chi connectivity index (χ3v) is 6.80. The van der Waals surface area contributed by atoms with Crippen molar-refractivity contribution in [2.45, 2.75) is 38.6 Å². The number of anilines is 2. The van der Waals surface area contributed by atoms with E-state index in [1.807, 2.05) is 26.8 Å². The molecule has 0 saturated heterocycles. The van der Waals surface area contributed by atoms with Crippen LogP contribution in [0.4, 0.5) is 10.8 Å². The molecule has 3 rings (SSSR count). The number of aryl methyl sites for hydroxylation is 2. The zero-order chi connectivity index (χ0) is 21.2. The molecule has 0 saturated carbocycles. The maximum absolute atomic E-state index is 13.1. The number of nitrogens with zero attached hydrogens (tertiary/aromatic N) is 2. The number of ether oxygens (including phenoxy) is 1. The van der Waals surface area contributed by atoms with Crippen LogP contribution in [-0.2, 0) is 10.0 Å². The van der Waals surface area contributed by atoms with Gasteiger partial charge in [0.1, 0.15) is 5.69 Å². The average Bonchev–Trinajstić information content (AvgIpc) is 3.01. The number of benzene rings is 1. The van der Waals surface area contributed by atoms with E-state index in [9.17, 15) is 8.42 Å². The van der Waals surface area contributed by atoms with Crippen LogP contribution in [0.15, 0.2) is 41.4 Å². The van der Waals surface area contributed by atoms with Gasteiger partial charge in [0.15, 0.2) is 5.13 Å². The minimum Gasteiger partial charge on any atom is -0.480 e. The predicted molar refractivity (Wildman–Crippen MR) is 117 cm³/mol. The third kappa shape index (κ3) is 4.68. The van der Waals surface area contributed by atoms with Gasteiger partial charge in [-0.1, -0.05) is 23.5 Å². The molecule has 2 heterocycles. The molecule has 2 aromatic heterocycles. The molecule has 0 radical (unpaired) electrons. The molecule has 0 atom stereocenters. The largest absolute Gasteiger partial charge is 0.480 e. The summed E-state index contributed by atoms with van der Waals surface area (Å²) in [6.07, 6.45) is 1.54. The summed E-state index contributed by atoms with van der Waals surface area (Å²) in [6.45, 7) is 7.78.